The monoisotopic (exact) mass is 469 g/mol. The lowest BCUT2D eigenvalue weighted by molar-refractivity contribution is -0.146. The number of cyclic esters (lactones) is 2. The summed E-state index contributed by atoms with van der Waals surface area (Å²) < 4.78 is 30.9. The Morgan fingerprint density at radius 2 is 1.85 bits per heavy atom. The summed E-state index contributed by atoms with van der Waals surface area (Å²) in [7, 11) is 0. The number of alkyl halides is 1. The van der Waals surface area contributed by atoms with E-state index in [0.717, 1.165) is 18.6 Å². The third-order valence-corrected chi connectivity index (χ3v) is 6.47. The molecular weight excluding hydrogens is 437 g/mol. The minimum atomic E-state index is -2.70. The van der Waals surface area contributed by atoms with Crippen LogP contribution in [0.3, 0.4) is 0 Å². The van der Waals surface area contributed by atoms with Gasteiger partial charge in [0.1, 0.15) is 11.5 Å². The van der Waals surface area contributed by atoms with E-state index >= 15 is 0 Å². The molecule has 1 aliphatic carbocycles. The lowest BCUT2D eigenvalue weighted by Gasteiger charge is -2.23. The van der Waals surface area contributed by atoms with Gasteiger partial charge in [-0.25, -0.2) is 14.0 Å². The molecule has 7 heteroatoms. The van der Waals surface area contributed by atoms with Crippen LogP contribution in [0.1, 0.15) is 74.5 Å². The van der Waals surface area contributed by atoms with Crippen LogP contribution in [-0.2, 0) is 21.7 Å². The molecule has 6 nitrogen and oxygen atoms in total. The highest BCUT2D eigenvalue weighted by Gasteiger charge is 2.51. The summed E-state index contributed by atoms with van der Waals surface area (Å²) in [5.41, 5.74) is 2.66. The molecule has 1 amide bonds. The van der Waals surface area contributed by atoms with Gasteiger partial charge in [0.25, 0.3) is 0 Å². The number of hydrogen-bond acceptors (Lipinski definition) is 5. The standard InChI is InChI=1S/C27H32FNO5/c1-2-8-21-17-20(19-9-4-3-5-10-19)13-14-24(21)33-16-7-15-32-23-12-6-11-22(18-23)27(28)25(30)34-26(31)29-27/h6,11-14,17-19H,2-5,7-10,15-16H2,1H3,(H,29,31). The Kier molecular flexibility index (Phi) is 7.70. The van der Waals surface area contributed by atoms with E-state index in [0.29, 0.717) is 31.3 Å². The van der Waals surface area contributed by atoms with E-state index in [2.05, 4.69) is 29.9 Å². The molecule has 0 spiro atoms. The number of nitrogens with one attached hydrogen (secondary N) is 1. The largest absolute Gasteiger partial charge is 0.493 e. The Bertz CT molecular complexity index is 1020. The summed E-state index contributed by atoms with van der Waals surface area (Å²) in [4.78, 5) is 22.9. The normalized spacial score (nSPS) is 20.6. The molecule has 182 valence electrons. The first kappa shape index (κ1) is 24.0. The first-order valence-electron chi connectivity index (χ1n) is 12.2. The average Bonchev–Trinajstić information content (AvgIpc) is 3.12. The maximum absolute atomic E-state index is 14.9. The number of rotatable bonds is 10. The molecule has 0 bridgehead atoms. The molecule has 0 radical (unpaired) electrons. The molecule has 2 fully saturated rings. The summed E-state index contributed by atoms with van der Waals surface area (Å²) >= 11 is 0. The second-order valence-corrected chi connectivity index (χ2v) is 8.99. The number of aryl methyl sites for hydroxylation is 1. The summed E-state index contributed by atoms with van der Waals surface area (Å²) in [5, 5.41) is 1.91. The highest BCUT2D eigenvalue weighted by molar-refractivity contribution is 5.98. The van der Waals surface area contributed by atoms with Crippen LogP contribution in [0.2, 0.25) is 0 Å². The van der Waals surface area contributed by atoms with E-state index in [9.17, 15) is 14.0 Å². The molecule has 1 atom stereocenters. The Balaban J connectivity index is 1.29. The van der Waals surface area contributed by atoms with E-state index in [-0.39, 0.29) is 5.56 Å². The number of amides is 1. The van der Waals surface area contributed by atoms with Gasteiger partial charge in [0.2, 0.25) is 0 Å². The maximum atomic E-state index is 14.9. The van der Waals surface area contributed by atoms with Crippen molar-refractivity contribution in [2.45, 2.75) is 70.0 Å². The highest BCUT2D eigenvalue weighted by atomic mass is 19.1. The van der Waals surface area contributed by atoms with Crippen LogP contribution in [0.4, 0.5) is 9.18 Å². The van der Waals surface area contributed by atoms with Crippen molar-refractivity contribution in [3.05, 3.63) is 59.2 Å². The van der Waals surface area contributed by atoms with Gasteiger partial charge in [-0.1, -0.05) is 56.9 Å². The fourth-order valence-corrected chi connectivity index (χ4v) is 4.69. The van der Waals surface area contributed by atoms with Gasteiger partial charge >= 0.3 is 17.9 Å². The second kappa shape index (κ2) is 10.9. The lowest BCUT2D eigenvalue weighted by Crippen LogP contribution is -2.38. The van der Waals surface area contributed by atoms with Crippen LogP contribution in [0, 0.1) is 0 Å². The number of esters is 1. The summed E-state index contributed by atoms with van der Waals surface area (Å²) in [6.45, 7) is 3.04. The van der Waals surface area contributed by atoms with Crippen LogP contribution in [0.25, 0.3) is 0 Å². The van der Waals surface area contributed by atoms with E-state index in [1.54, 1.807) is 12.1 Å². The van der Waals surface area contributed by atoms with E-state index in [1.807, 2.05) is 5.32 Å². The number of halogens is 1. The lowest BCUT2D eigenvalue weighted by atomic mass is 9.83. The minimum absolute atomic E-state index is 0.0423. The topological polar surface area (TPSA) is 73.9 Å². The fourth-order valence-electron chi connectivity index (χ4n) is 4.69. The van der Waals surface area contributed by atoms with Crippen molar-refractivity contribution in [1.29, 1.82) is 0 Å². The minimum Gasteiger partial charge on any atom is -0.493 e. The summed E-state index contributed by atoms with van der Waals surface area (Å²) in [6.07, 6.45) is 8.13. The predicted molar refractivity (Wildman–Crippen MR) is 126 cm³/mol. The van der Waals surface area contributed by atoms with Crippen molar-refractivity contribution >= 4 is 12.1 Å². The predicted octanol–water partition coefficient (Wildman–Crippen LogP) is 5.92. The number of carbonyl (C=O) groups is 2. The zero-order valence-electron chi connectivity index (χ0n) is 19.6. The van der Waals surface area contributed by atoms with Crippen molar-refractivity contribution in [3.63, 3.8) is 0 Å². The molecule has 1 heterocycles. The summed E-state index contributed by atoms with van der Waals surface area (Å²) in [6, 6.07) is 12.7. The Labute approximate surface area is 199 Å². The van der Waals surface area contributed by atoms with Crippen LogP contribution in [-0.4, -0.2) is 25.3 Å². The third-order valence-electron chi connectivity index (χ3n) is 6.47. The van der Waals surface area contributed by atoms with Crippen molar-refractivity contribution in [3.8, 4) is 11.5 Å². The van der Waals surface area contributed by atoms with E-state index in [1.165, 1.54) is 55.4 Å². The quantitative estimate of drug-likeness (QED) is 0.202. The molecule has 2 aromatic rings. The van der Waals surface area contributed by atoms with Gasteiger partial charge in [0.15, 0.2) is 0 Å². The zero-order chi connectivity index (χ0) is 24.0. The fraction of sp³-hybridized carbons (Fsp3) is 0.481. The van der Waals surface area contributed by atoms with E-state index < -0.39 is 17.9 Å². The third kappa shape index (κ3) is 5.51. The zero-order valence-corrected chi connectivity index (χ0v) is 19.6. The molecule has 4 rings (SSSR count). The molecule has 1 aliphatic heterocycles. The first-order valence-corrected chi connectivity index (χ1v) is 12.2. The number of alkyl carbamates (subject to hydrolysis) is 1. The van der Waals surface area contributed by atoms with Crippen molar-refractivity contribution in [2.24, 2.45) is 0 Å². The molecule has 0 aromatic heterocycles. The van der Waals surface area contributed by atoms with Crippen molar-refractivity contribution < 1.29 is 28.2 Å². The molecule has 2 aromatic carbocycles. The first-order chi connectivity index (χ1) is 16.5. The number of ether oxygens (including phenoxy) is 3. The highest BCUT2D eigenvalue weighted by Crippen LogP contribution is 2.35. The summed E-state index contributed by atoms with van der Waals surface area (Å²) in [5.74, 6) is -1.98. The van der Waals surface area contributed by atoms with E-state index in [4.69, 9.17) is 9.47 Å². The van der Waals surface area contributed by atoms with Crippen LogP contribution >= 0.6 is 0 Å². The molecule has 1 N–H and O–H groups in total. The number of benzene rings is 2. The maximum Gasteiger partial charge on any atom is 0.418 e. The Morgan fingerprint density at radius 3 is 2.59 bits per heavy atom. The second-order valence-electron chi connectivity index (χ2n) is 8.99. The van der Waals surface area contributed by atoms with Gasteiger partial charge in [-0.15, -0.1) is 0 Å². The van der Waals surface area contributed by atoms with Gasteiger partial charge < -0.3 is 14.2 Å². The Hall–Kier alpha value is -3.09. The molecule has 2 aliphatic rings. The van der Waals surface area contributed by atoms with Gasteiger partial charge in [0.05, 0.1) is 13.2 Å². The molecule has 1 saturated heterocycles. The average molecular weight is 470 g/mol. The van der Waals surface area contributed by atoms with Crippen LogP contribution in [0.5, 0.6) is 11.5 Å². The molecule has 34 heavy (non-hydrogen) atoms. The Morgan fingerprint density at radius 1 is 1.06 bits per heavy atom. The molecular formula is C27H32FNO5. The van der Waals surface area contributed by atoms with Crippen LogP contribution < -0.4 is 14.8 Å². The molecule has 1 saturated carbocycles. The number of hydrogen-bond donors (Lipinski definition) is 1. The van der Waals surface area contributed by atoms with Crippen molar-refractivity contribution in [2.75, 3.05) is 13.2 Å². The van der Waals surface area contributed by atoms with Crippen LogP contribution in [0.15, 0.2) is 42.5 Å². The van der Waals surface area contributed by atoms with Gasteiger partial charge in [-0.05, 0) is 54.5 Å². The van der Waals surface area contributed by atoms with Crippen molar-refractivity contribution in [1.82, 2.24) is 5.32 Å². The van der Waals surface area contributed by atoms with Gasteiger partial charge in [-0.2, -0.15) is 0 Å². The number of carbonyl (C=O) groups excluding carboxylic acids is 2. The SMILES string of the molecule is CCCc1cc(C2CCCCC2)ccc1OCCCOc1cccc(C2(F)NC(=O)OC2=O)c1. The van der Waals surface area contributed by atoms with Gasteiger partial charge in [-0.3, -0.25) is 5.32 Å². The van der Waals surface area contributed by atoms with Gasteiger partial charge in [0, 0.05) is 12.0 Å². The molecule has 1 unspecified atom stereocenters. The smallest absolute Gasteiger partial charge is 0.418 e.